The largest absolute Gasteiger partial charge is 0.383 e. The Morgan fingerprint density at radius 1 is 1.42 bits per heavy atom. The molecule has 19 heavy (non-hydrogen) atoms. The highest BCUT2D eigenvalue weighted by atomic mass is 35.7. The fraction of sp³-hybridized carbons (Fsp3) is 0.273. The van der Waals surface area contributed by atoms with Crippen LogP contribution >= 0.6 is 10.7 Å². The maximum Gasteiger partial charge on any atom is 0.261 e. The number of rotatable bonds is 4. The Morgan fingerprint density at radius 2 is 2.16 bits per heavy atom. The van der Waals surface area contributed by atoms with Crippen LogP contribution in [-0.4, -0.2) is 31.7 Å². The zero-order valence-corrected chi connectivity index (χ0v) is 11.6. The van der Waals surface area contributed by atoms with Gasteiger partial charge in [-0.05, 0) is 18.2 Å². The Labute approximate surface area is 114 Å². The molecule has 102 valence electrons. The lowest BCUT2D eigenvalue weighted by Gasteiger charge is -2.06. The molecule has 2 aromatic rings. The van der Waals surface area contributed by atoms with Crippen molar-refractivity contribution in [2.24, 2.45) is 0 Å². The molecule has 0 saturated carbocycles. The third kappa shape index (κ3) is 2.94. The Kier molecular flexibility index (Phi) is 3.88. The maximum atomic E-state index is 12.1. The molecular formula is C11H11ClN2O4S. The monoisotopic (exact) mass is 302 g/mol. The minimum Gasteiger partial charge on any atom is -0.383 e. The van der Waals surface area contributed by atoms with Gasteiger partial charge in [-0.1, -0.05) is 0 Å². The second-order valence-electron chi connectivity index (χ2n) is 3.85. The van der Waals surface area contributed by atoms with Crippen molar-refractivity contribution < 1.29 is 13.2 Å². The Balaban J connectivity index is 2.63. The van der Waals surface area contributed by atoms with Crippen LogP contribution in [0.25, 0.3) is 10.9 Å². The Bertz CT molecular complexity index is 770. The maximum absolute atomic E-state index is 12.1. The molecule has 0 amide bonds. The lowest BCUT2D eigenvalue weighted by molar-refractivity contribution is 0.186. The number of ether oxygens (including phenoxy) is 1. The molecule has 0 N–H and O–H groups in total. The van der Waals surface area contributed by atoms with Crippen LogP contribution in [0.1, 0.15) is 0 Å². The summed E-state index contributed by atoms with van der Waals surface area (Å²) in [6.07, 6.45) is 1.40. The summed E-state index contributed by atoms with van der Waals surface area (Å²) >= 11 is 0. The quantitative estimate of drug-likeness (QED) is 0.786. The van der Waals surface area contributed by atoms with Gasteiger partial charge in [-0.15, -0.1) is 0 Å². The van der Waals surface area contributed by atoms with E-state index in [1.807, 2.05) is 0 Å². The van der Waals surface area contributed by atoms with Gasteiger partial charge in [0.1, 0.15) is 0 Å². The second-order valence-corrected chi connectivity index (χ2v) is 6.42. The predicted octanol–water partition coefficient (Wildman–Crippen LogP) is 0.970. The summed E-state index contributed by atoms with van der Waals surface area (Å²) < 4.78 is 28.8. The van der Waals surface area contributed by atoms with Crippen molar-refractivity contribution in [1.82, 2.24) is 9.55 Å². The van der Waals surface area contributed by atoms with E-state index in [1.165, 1.54) is 36.2 Å². The molecule has 1 aromatic carbocycles. The topological polar surface area (TPSA) is 78.3 Å². The molecule has 0 radical (unpaired) electrons. The molecule has 0 spiro atoms. The van der Waals surface area contributed by atoms with E-state index >= 15 is 0 Å². The van der Waals surface area contributed by atoms with Crippen LogP contribution in [0.5, 0.6) is 0 Å². The standard InChI is InChI=1S/C11H11ClN2O4S/c1-18-5-4-14-7-13-10-3-2-8(19(12,16)17)6-9(10)11(14)15/h2-3,6-7H,4-5H2,1H3. The van der Waals surface area contributed by atoms with E-state index in [1.54, 1.807) is 0 Å². The van der Waals surface area contributed by atoms with Gasteiger partial charge in [0, 0.05) is 17.8 Å². The molecule has 0 fully saturated rings. The van der Waals surface area contributed by atoms with Crippen LogP contribution in [0, 0.1) is 0 Å². The van der Waals surface area contributed by atoms with E-state index in [0.717, 1.165) is 0 Å². The molecule has 0 saturated heterocycles. The highest BCUT2D eigenvalue weighted by molar-refractivity contribution is 8.13. The normalized spacial score (nSPS) is 11.9. The fourth-order valence-electron chi connectivity index (χ4n) is 1.64. The number of nitrogens with zero attached hydrogens (tertiary/aromatic N) is 2. The summed E-state index contributed by atoms with van der Waals surface area (Å²) in [5.74, 6) is 0. The number of fused-ring (bicyclic) bond motifs is 1. The van der Waals surface area contributed by atoms with Gasteiger partial charge >= 0.3 is 0 Å². The molecule has 6 nitrogen and oxygen atoms in total. The average molecular weight is 303 g/mol. The first-order chi connectivity index (χ1) is 8.93. The first kappa shape index (κ1) is 14.0. The van der Waals surface area contributed by atoms with E-state index < -0.39 is 9.05 Å². The third-order valence-corrected chi connectivity index (χ3v) is 3.96. The molecule has 0 aliphatic carbocycles. The van der Waals surface area contributed by atoms with Crippen molar-refractivity contribution in [1.29, 1.82) is 0 Å². The van der Waals surface area contributed by atoms with Crippen LogP contribution in [0.2, 0.25) is 0 Å². The molecule has 1 heterocycles. The van der Waals surface area contributed by atoms with Gasteiger partial charge in [-0.2, -0.15) is 0 Å². The lowest BCUT2D eigenvalue weighted by Crippen LogP contribution is -2.22. The summed E-state index contributed by atoms with van der Waals surface area (Å²) in [5.41, 5.74) is 0.0898. The smallest absolute Gasteiger partial charge is 0.261 e. The molecule has 0 unspecified atom stereocenters. The van der Waals surface area contributed by atoms with E-state index in [-0.39, 0.29) is 15.8 Å². The van der Waals surface area contributed by atoms with Gasteiger partial charge in [0.05, 0.1) is 35.3 Å². The SMILES string of the molecule is COCCn1cnc2ccc(S(=O)(=O)Cl)cc2c1=O. The number of hydrogen-bond acceptors (Lipinski definition) is 5. The van der Waals surface area contributed by atoms with Crippen LogP contribution < -0.4 is 5.56 Å². The zero-order chi connectivity index (χ0) is 14.0. The summed E-state index contributed by atoms with van der Waals surface area (Å²) in [6.45, 7) is 0.705. The van der Waals surface area contributed by atoms with E-state index in [2.05, 4.69) is 4.98 Å². The second kappa shape index (κ2) is 5.28. The number of benzene rings is 1. The average Bonchev–Trinajstić information content (AvgIpc) is 2.37. The molecule has 0 aliphatic heterocycles. The van der Waals surface area contributed by atoms with E-state index in [4.69, 9.17) is 15.4 Å². The molecular weight excluding hydrogens is 292 g/mol. The first-order valence-corrected chi connectivity index (χ1v) is 7.67. The van der Waals surface area contributed by atoms with Crippen LogP contribution in [0.3, 0.4) is 0 Å². The third-order valence-electron chi connectivity index (χ3n) is 2.61. The van der Waals surface area contributed by atoms with Crippen molar-refractivity contribution in [3.63, 3.8) is 0 Å². The molecule has 0 bridgehead atoms. The van der Waals surface area contributed by atoms with Crippen molar-refractivity contribution in [3.05, 3.63) is 34.9 Å². The highest BCUT2D eigenvalue weighted by Gasteiger charge is 2.12. The number of methoxy groups -OCH3 is 1. The van der Waals surface area contributed by atoms with Crippen molar-refractivity contribution in [2.45, 2.75) is 11.4 Å². The summed E-state index contributed by atoms with van der Waals surface area (Å²) in [5, 5.41) is 0.209. The summed E-state index contributed by atoms with van der Waals surface area (Å²) in [4.78, 5) is 16.1. The van der Waals surface area contributed by atoms with Gasteiger partial charge in [-0.3, -0.25) is 9.36 Å². The molecule has 0 atom stereocenters. The van der Waals surface area contributed by atoms with Crippen molar-refractivity contribution >= 4 is 30.6 Å². The first-order valence-electron chi connectivity index (χ1n) is 5.36. The van der Waals surface area contributed by atoms with Crippen LogP contribution in [0.4, 0.5) is 0 Å². The summed E-state index contributed by atoms with van der Waals surface area (Å²) in [7, 11) is 2.91. The van der Waals surface area contributed by atoms with E-state index in [0.29, 0.717) is 18.7 Å². The molecule has 0 aliphatic rings. The number of aromatic nitrogens is 2. The van der Waals surface area contributed by atoms with Gasteiger partial charge in [0.2, 0.25) is 0 Å². The predicted molar refractivity (Wildman–Crippen MR) is 70.9 cm³/mol. The minimum absolute atomic E-state index is 0.120. The minimum atomic E-state index is -3.87. The molecule has 2 rings (SSSR count). The van der Waals surface area contributed by atoms with Crippen LogP contribution in [-0.2, 0) is 20.3 Å². The van der Waals surface area contributed by atoms with Crippen LogP contribution in [0.15, 0.2) is 34.2 Å². The Morgan fingerprint density at radius 3 is 2.79 bits per heavy atom. The Hall–Kier alpha value is -1.44. The van der Waals surface area contributed by atoms with Gasteiger partial charge in [0.15, 0.2) is 0 Å². The van der Waals surface area contributed by atoms with Crippen molar-refractivity contribution in [2.75, 3.05) is 13.7 Å². The molecule has 1 aromatic heterocycles. The lowest BCUT2D eigenvalue weighted by atomic mass is 10.2. The van der Waals surface area contributed by atoms with E-state index in [9.17, 15) is 13.2 Å². The summed E-state index contributed by atoms with van der Waals surface area (Å²) in [6, 6.07) is 4.00. The number of halogens is 1. The van der Waals surface area contributed by atoms with Crippen molar-refractivity contribution in [3.8, 4) is 0 Å². The highest BCUT2D eigenvalue weighted by Crippen LogP contribution is 2.18. The zero-order valence-electron chi connectivity index (χ0n) is 10.0. The molecule has 8 heteroatoms. The van der Waals surface area contributed by atoms with Gasteiger partial charge in [-0.25, -0.2) is 13.4 Å². The number of hydrogen-bond donors (Lipinski definition) is 0. The van der Waals surface area contributed by atoms with Gasteiger partial charge < -0.3 is 4.74 Å². The van der Waals surface area contributed by atoms with Gasteiger partial charge in [0.25, 0.3) is 14.6 Å². The fourth-order valence-corrected chi connectivity index (χ4v) is 2.42.